The predicted octanol–water partition coefficient (Wildman–Crippen LogP) is 16.8. The number of rotatable bonds is 7. The first kappa shape index (κ1) is 38.9. The van der Waals surface area contributed by atoms with Crippen LogP contribution in [0.25, 0.3) is 54.9 Å². The number of nitrogens with zero attached hydrogens (tertiary/aromatic N) is 1. The lowest BCUT2D eigenvalue weighted by Crippen LogP contribution is -2.34. The van der Waals surface area contributed by atoms with Gasteiger partial charge in [-0.2, -0.15) is 0 Å². The van der Waals surface area contributed by atoms with Crippen LogP contribution in [0.4, 0.5) is 11.4 Å². The minimum absolute atomic E-state index is 0.317. The number of para-hydroxylation sites is 1. The average Bonchev–Trinajstić information content (AvgIpc) is 3.81. The van der Waals surface area contributed by atoms with E-state index in [0.29, 0.717) is 6.04 Å². The molecule has 1 atom stereocenters. The van der Waals surface area contributed by atoms with Crippen molar-refractivity contribution in [1.82, 2.24) is 0 Å². The highest BCUT2D eigenvalue weighted by molar-refractivity contribution is 5.98. The van der Waals surface area contributed by atoms with Gasteiger partial charge in [0.2, 0.25) is 0 Å². The number of hydrogen-bond donors (Lipinski definition) is 0. The molecule has 0 heterocycles. The molecule has 66 heavy (non-hydrogen) atoms. The summed E-state index contributed by atoms with van der Waals surface area (Å²) < 4.78 is 0. The molecule has 0 aromatic heterocycles. The van der Waals surface area contributed by atoms with Gasteiger partial charge in [-0.15, -0.1) is 0 Å². The van der Waals surface area contributed by atoms with E-state index < -0.39 is 5.41 Å². The minimum atomic E-state index is -0.507. The first-order valence-electron chi connectivity index (χ1n) is 24.0. The Bertz CT molecular complexity index is 3430. The monoisotopic (exact) mass is 845 g/mol. The van der Waals surface area contributed by atoms with Crippen molar-refractivity contribution in [1.29, 1.82) is 0 Å². The van der Waals surface area contributed by atoms with E-state index in [2.05, 4.69) is 236 Å². The highest BCUT2D eigenvalue weighted by Crippen LogP contribution is 2.59. The van der Waals surface area contributed by atoms with E-state index in [4.69, 9.17) is 0 Å². The summed E-state index contributed by atoms with van der Waals surface area (Å²) in [4.78, 5) is 2.75. The van der Waals surface area contributed by atoms with E-state index in [1.807, 2.05) is 0 Å². The van der Waals surface area contributed by atoms with Gasteiger partial charge in [-0.25, -0.2) is 0 Å². The zero-order valence-corrected chi connectivity index (χ0v) is 37.4. The molecule has 0 bridgehead atoms. The summed E-state index contributed by atoms with van der Waals surface area (Å²) in [6.07, 6.45) is 6.11. The van der Waals surface area contributed by atoms with E-state index in [1.165, 1.54) is 137 Å². The van der Waals surface area contributed by atoms with Crippen molar-refractivity contribution < 1.29 is 0 Å². The van der Waals surface area contributed by atoms with Crippen molar-refractivity contribution in [3.8, 4) is 33.4 Å². The molecule has 0 spiro atoms. The van der Waals surface area contributed by atoms with E-state index in [-0.39, 0.29) is 5.41 Å². The fourth-order valence-electron chi connectivity index (χ4n) is 12.6. The molecule has 0 amide bonds. The van der Waals surface area contributed by atoms with Gasteiger partial charge < -0.3 is 4.90 Å². The third kappa shape index (κ3) is 5.79. The molecule has 3 aliphatic carbocycles. The van der Waals surface area contributed by atoms with Gasteiger partial charge in [-0.05, 0) is 157 Å². The van der Waals surface area contributed by atoms with Crippen molar-refractivity contribution >= 4 is 32.9 Å². The Morgan fingerprint density at radius 2 is 0.833 bits per heavy atom. The Morgan fingerprint density at radius 1 is 0.364 bits per heavy atom. The minimum Gasteiger partial charge on any atom is -0.338 e. The summed E-state index contributed by atoms with van der Waals surface area (Å²) in [5, 5.41) is 5.11. The number of hydrogen-bond acceptors (Lipinski definition) is 1. The van der Waals surface area contributed by atoms with Crippen molar-refractivity contribution in [3.05, 3.63) is 263 Å². The van der Waals surface area contributed by atoms with Crippen molar-refractivity contribution in [2.24, 2.45) is 0 Å². The Kier molecular flexibility index (Phi) is 9.04. The van der Waals surface area contributed by atoms with Gasteiger partial charge >= 0.3 is 0 Å². The predicted molar refractivity (Wildman–Crippen MR) is 277 cm³/mol. The number of anilines is 2. The molecule has 316 valence electrons. The molecule has 0 saturated heterocycles. The molecule has 10 aromatic carbocycles. The van der Waals surface area contributed by atoms with Gasteiger partial charge in [0, 0.05) is 28.4 Å². The first-order valence-corrected chi connectivity index (χ1v) is 24.0. The molecule has 1 heteroatoms. The third-order valence-corrected chi connectivity index (χ3v) is 15.7. The zero-order chi connectivity index (χ0) is 43.8. The van der Waals surface area contributed by atoms with E-state index in [9.17, 15) is 0 Å². The van der Waals surface area contributed by atoms with E-state index in [0.717, 1.165) is 0 Å². The fraction of sp³-hybridized carbons (Fsp3) is 0.138. The summed E-state index contributed by atoms with van der Waals surface area (Å²) in [7, 11) is 0. The SMILES string of the molecule is CC1(c2ccccc2)c2cc(-c3ccccc3N(c3ccc4c(c3)C(c3ccccc3)(c3ccccc3)c3cc5ccccc5cc3-4)C3CCCCC3)ccc2-c2cc3ccccc3cc21. The Balaban J connectivity index is 1.03. The second-order valence-corrected chi connectivity index (χ2v) is 19.1. The Morgan fingerprint density at radius 3 is 1.47 bits per heavy atom. The van der Waals surface area contributed by atoms with Crippen LogP contribution in [-0.2, 0) is 10.8 Å². The molecular weight excluding hydrogens is 795 g/mol. The van der Waals surface area contributed by atoms with Crippen LogP contribution in [0.5, 0.6) is 0 Å². The number of benzene rings is 10. The molecule has 0 aliphatic heterocycles. The van der Waals surface area contributed by atoms with Crippen LogP contribution in [0.15, 0.2) is 224 Å². The summed E-state index contributed by atoms with van der Waals surface area (Å²) >= 11 is 0. The standard InChI is InChI=1S/C65H51N/c1-64(49-24-6-2-7-25-49)59-42-48(34-36-55(59)57-38-44-20-14-16-22-46(44)40-60(57)64)54-32-18-19-33-63(54)66(52-30-12-5-13-31-52)53-35-37-56-58-39-45-21-15-17-23-47(45)41-61(58)65(62(56)43-53,50-26-8-3-9-27-50)51-28-10-4-11-29-51/h2-4,6-11,14-29,32-43,52H,5,12-13,30-31H2,1H3. The normalized spacial score (nSPS) is 17.0. The van der Waals surface area contributed by atoms with Gasteiger partial charge in [-0.3, -0.25) is 0 Å². The van der Waals surface area contributed by atoms with Crippen LogP contribution in [0.3, 0.4) is 0 Å². The van der Waals surface area contributed by atoms with Gasteiger partial charge in [0.1, 0.15) is 0 Å². The van der Waals surface area contributed by atoms with Gasteiger partial charge in [-0.1, -0.05) is 195 Å². The average molecular weight is 846 g/mol. The lowest BCUT2D eigenvalue weighted by molar-refractivity contribution is 0.436. The second-order valence-electron chi connectivity index (χ2n) is 19.1. The Labute approximate surface area is 388 Å². The molecule has 3 aliphatic rings. The molecule has 0 N–H and O–H groups in total. The van der Waals surface area contributed by atoms with Crippen LogP contribution in [-0.4, -0.2) is 6.04 Å². The maximum Gasteiger partial charge on any atom is 0.0714 e. The molecule has 1 unspecified atom stereocenters. The maximum absolute atomic E-state index is 2.75. The molecular formula is C65H51N. The van der Waals surface area contributed by atoms with Crippen LogP contribution in [0, 0.1) is 0 Å². The van der Waals surface area contributed by atoms with Crippen LogP contribution in [0.2, 0.25) is 0 Å². The maximum atomic E-state index is 2.75. The van der Waals surface area contributed by atoms with Crippen LogP contribution in [0.1, 0.15) is 78.0 Å². The summed E-state index contributed by atoms with van der Waals surface area (Å²) in [5.74, 6) is 0. The summed E-state index contributed by atoms with van der Waals surface area (Å²) in [6, 6.07) is 85.7. The molecule has 0 radical (unpaired) electrons. The largest absolute Gasteiger partial charge is 0.338 e. The highest BCUT2D eigenvalue weighted by Gasteiger charge is 2.47. The van der Waals surface area contributed by atoms with Crippen LogP contribution < -0.4 is 4.90 Å². The van der Waals surface area contributed by atoms with Crippen molar-refractivity contribution in [2.75, 3.05) is 4.90 Å². The zero-order valence-electron chi connectivity index (χ0n) is 37.4. The summed E-state index contributed by atoms with van der Waals surface area (Å²) in [6.45, 7) is 2.45. The molecule has 10 aromatic rings. The molecule has 13 rings (SSSR count). The molecule has 1 fully saturated rings. The smallest absolute Gasteiger partial charge is 0.0714 e. The summed E-state index contributed by atoms with van der Waals surface area (Å²) in [5.41, 5.74) is 18.9. The van der Waals surface area contributed by atoms with Crippen molar-refractivity contribution in [2.45, 2.75) is 55.9 Å². The van der Waals surface area contributed by atoms with E-state index >= 15 is 0 Å². The Hall–Kier alpha value is -7.48. The fourth-order valence-corrected chi connectivity index (χ4v) is 12.6. The van der Waals surface area contributed by atoms with Gasteiger partial charge in [0.25, 0.3) is 0 Å². The number of fused-ring (bicyclic) bond motifs is 8. The second kappa shape index (κ2) is 15.3. The van der Waals surface area contributed by atoms with Gasteiger partial charge in [0.05, 0.1) is 5.41 Å². The van der Waals surface area contributed by atoms with Crippen LogP contribution >= 0.6 is 0 Å². The quantitative estimate of drug-likeness (QED) is 0.154. The van der Waals surface area contributed by atoms with Crippen molar-refractivity contribution in [3.63, 3.8) is 0 Å². The first-order chi connectivity index (χ1) is 32.6. The third-order valence-electron chi connectivity index (χ3n) is 15.7. The molecule has 1 nitrogen and oxygen atoms in total. The van der Waals surface area contributed by atoms with E-state index in [1.54, 1.807) is 0 Å². The molecule has 1 saturated carbocycles. The topological polar surface area (TPSA) is 3.24 Å². The van der Waals surface area contributed by atoms with Gasteiger partial charge in [0.15, 0.2) is 0 Å². The highest BCUT2D eigenvalue weighted by atomic mass is 15.2. The lowest BCUT2D eigenvalue weighted by atomic mass is 9.67. The lowest BCUT2D eigenvalue weighted by Gasteiger charge is -2.39.